The molecule has 0 saturated carbocycles. The normalized spacial score (nSPS) is 10.9. The summed E-state index contributed by atoms with van der Waals surface area (Å²) in [5, 5.41) is 0. The number of likely N-dealkylation sites (N-methyl/N-ethyl adjacent to an activating group) is 1. The van der Waals surface area contributed by atoms with Crippen LogP contribution in [0.5, 0.6) is 0 Å². The smallest absolute Gasteiger partial charge is 0.00217 e. The monoisotopic (exact) mass is 206 g/mol. The predicted molar refractivity (Wildman–Crippen MR) is 65.9 cm³/mol. The third kappa shape index (κ3) is 4.96. The first-order valence-corrected chi connectivity index (χ1v) is 5.83. The molecule has 1 aromatic carbocycles. The first-order chi connectivity index (χ1) is 7.36. The lowest BCUT2D eigenvalue weighted by molar-refractivity contribution is 0.290. The van der Waals surface area contributed by atoms with E-state index in [2.05, 4.69) is 42.2 Å². The van der Waals surface area contributed by atoms with Gasteiger partial charge in [-0.15, -0.1) is 0 Å². The number of hydrogen-bond donors (Lipinski definition) is 1. The summed E-state index contributed by atoms with van der Waals surface area (Å²) >= 11 is 0. The van der Waals surface area contributed by atoms with Crippen LogP contribution in [0.25, 0.3) is 0 Å². The highest BCUT2D eigenvalue weighted by molar-refractivity contribution is 5.14. The number of nitrogens with zero attached hydrogens (tertiary/aromatic N) is 1. The Labute approximate surface area is 93.1 Å². The number of hydrogen-bond acceptors (Lipinski definition) is 2. The molecule has 0 atom stereocenters. The molecule has 0 saturated heterocycles. The van der Waals surface area contributed by atoms with Gasteiger partial charge in [0.15, 0.2) is 0 Å². The molecule has 0 aliphatic carbocycles. The van der Waals surface area contributed by atoms with Crippen molar-refractivity contribution in [3.63, 3.8) is 0 Å². The largest absolute Gasteiger partial charge is 0.330 e. The Kier molecular flexibility index (Phi) is 6.05. The molecule has 0 spiro atoms. The molecule has 0 aliphatic heterocycles. The molecule has 0 radical (unpaired) electrons. The molecule has 0 aromatic heterocycles. The molecule has 1 aromatic rings. The van der Waals surface area contributed by atoms with E-state index in [1.54, 1.807) is 0 Å². The van der Waals surface area contributed by atoms with Gasteiger partial charge in [0.25, 0.3) is 0 Å². The summed E-state index contributed by atoms with van der Waals surface area (Å²) in [7, 11) is 0. The summed E-state index contributed by atoms with van der Waals surface area (Å²) in [6, 6.07) is 10.7. The summed E-state index contributed by atoms with van der Waals surface area (Å²) in [6.07, 6.45) is 2.24. The summed E-state index contributed by atoms with van der Waals surface area (Å²) in [5.41, 5.74) is 6.93. The maximum absolute atomic E-state index is 5.51. The lowest BCUT2D eigenvalue weighted by Crippen LogP contribution is -2.28. The first kappa shape index (κ1) is 12.2. The van der Waals surface area contributed by atoms with Gasteiger partial charge in [-0.05, 0) is 38.0 Å². The van der Waals surface area contributed by atoms with Crippen molar-refractivity contribution in [2.75, 3.05) is 26.2 Å². The van der Waals surface area contributed by atoms with Gasteiger partial charge in [0.2, 0.25) is 0 Å². The molecule has 2 N–H and O–H groups in total. The molecule has 2 heteroatoms. The standard InChI is InChI=1S/C13H22N2/c1-2-15(11-6-10-14)12-9-13-7-4-3-5-8-13/h3-5,7-8H,2,6,9-12,14H2,1H3. The van der Waals surface area contributed by atoms with Crippen molar-refractivity contribution in [1.82, 2.24) is 4.90 Å². The van der Waals surface area contributed by atoms with Crippen molar-refractivity contribution in [2.24, 2.45) is 5.73 Å². The third-order valence-electron chi connectivity index (χ3n) is 2.69. The summed E-state index contributed by atoms with van der Waals surface area (Å²) in [4.78, 5) is 2.46. The second kappa shape index (κ2) is 7.43. The van der Waals surface area contributed by atoms with Crippen molar-refractivity contribution in [1.29, 1.82) is 0 Å². The molecule has 1 rings (SSSR count). The number of benzene rings is 1. The maximum Gasteiger partial charge on any atom is 0.00217 e. The summed E-state index contributed by atoms with van der Waals surface area (Å²) < 4.78 is 0. The molecule has 0 aliphatic rings. The molecule has 84 valence electrons. The van der Waals surface area contributed by atoms with Crippen molar-refractivity contribution in [2.45, 2.75) is 19.8 Å². The quantitative estimate of drug-likeness (QED) is 0.738. The van der Waals surface area contributed by atoms with E-state index >= 15 is 0 Å². The Bertz CT molecular complexity index is 246. The van der Waals surface area contributed by atoms with E-state index in [9.17, 15) is 0 Å². The fourth-order valence-corrected chi connectivity index (χ4v) is 1.67. The van der Waals surface area contributed by atoms with E-state index in [0.717, 1.165) is 39.0 Å². The molecular weight excluding hydrogens is 184 g/mol. The Morgan fingerprint density at radius 2 is 1.87 bits per heavy atom. The van der Waals surface area contributed by atoms with Gasteiger partial charge in [0.1, 0.15) is 0 Å². The van der Waals surface area contributed by atoms with E-state index in [1.807, 2.05) is 0 Å². The summed E-state index contributed by atoms with van der Waals surface area (Å²) in [6.45, 7) is 6.39. The van der Waals surface area contributed by atoms with Crippen molar-refractivity contribution >= 4 is 0 Å². The molecule has 0 amide bonds. The van der Waals surface area contributed by atoms with Crippen LogP contribution in [0, 0.1) is 0 Å². The van der Waals surface area contributed by atoms with E-state index in [0.29, 0.717) is 0 Å². The minimum absolute atomic E-state index is 0.793. The van der Waals surface area contributed by atoms with E-state index < -0.39 is 0 Å². The van der Waals surface area contributed by atoms with Gasteiger partial charge < -0.3 is 10.6 Å². The Balaban J connectivity index is 2.28. The minimum atomic E-state index is 0.793. The molecule has 0 heterocycles. The first-order valence-electron chi connectivity index (χ1n) is 5.83. The summed E-state index contributed by atoms with van der Waals surface area (Å²) in [5.74, 6) is 0. The lowest BCUT2D eigenvalue weighted by Gasteiger charge is -2.19. The van der Waals surface area contributed by atoms with E-state index in [-0.39, 0.29) is 0 Å². The van der Waals surface area contributed by atoms with Crippen molar-refractivity contribution in [3.05, 3.63) is 35.9 Å². The SMILES string of the molecule is CCN(CCCN)CCc1ccccc1. The van der Waals surface area contributed by atoms with Crippen molar-refractivity contribution < 1.29 is 0 Å². The highest BCUT2D eigenvalue weighted by Crippen LogP contribution is 2.01. The third-order valence-corrected chi connectivity index (χ3v) is 2.69. The zero-order chi connectivity index (χ0) is 10.9. The zero-order valence-electron chi connectivity index (χ0n) is 9.65. The molecule has 15 heavy (non-hydrogen) atoms. The minimum Gasteiger partial charge on any atom is -0.330 e. The highest BCUT2D eigenvalue weighted by Gasteiger charge is 2.01. The molecule has 0 bridgehead atoms. The van der Waals surface area contributed by atoms with Crippen LogP contribution in [-0.4, -0.2) is 31.1 Å². The second-order valence-corrected chi connectivity index (χ2v) is 3.81. The van der Waals surface area contributed by atoms with Gasteiger partial charge in [-0.3, -0.25) is 0 Å². The lowest BCUT2D eigenvalue weighted by atomic mass is 10.1. The van der Waals surface area contributed by atoms with Crippen LogP contribution >= 0.6 is 0 Å². The molecule has 0 unspecified atom stereocenters. The van der Waals surface area contributed by atoms with Gasteiger partial charge in [-0.1, -0.05) is 37.3 Å². The maximum atomic E-state index is 5.51. The van der Waals surface area contributed by atoms with Crippen LogP contribution in [0.15, 0.2) is 30.3 Å². The van der Waals surface area contributed by atoms with Gasteiger partial charge in [0.05, 0.1) is 0 Å². The molecular formula is C13H22N2. The second-order valence-electron chi connectivity index (χ2n) is 3.81. The highest BCUT2D eigenvalue weighted by atomic mass is 15.1. The van der Waals surface area contributed by atoms with Crippen LogP contribution in [0.4, 0.5) is 0 Å². The van der Waals surface area contributed by atoms with E-state index in [4.69, 9.17) is 5.73 Å². The average molecular weight is 206 g/mol. The predicted octanol–water partition coefficient (Wildman–Crippen LogP) is 1.90. The van der Waals surface area contributed by atoms with Crippen LogP contribution in [0.3, 0.4) is 0 Å². The molecule has 0 fully saturated rings. The van der Waals surface area contributed by atoms with Gasteiger partial charge in [-0.25, -0.2) is 0 Å². The van der Waals surface area contributed by atoms with Gasteiger partial charge in [-0.2, -0.15) is 0 Å². The van der Waals surface area contributed by atoms with Crippen LogP contribution in [-0.2, 0) is 6.42 Å². The Morgan fingerprint density at radius 3 is 2.47 bits per heavy atom. The average Bonchev–Trinajstić information content (AvgIpc) is 2.31. The Hall–Kier alpha value is -0.860. The van der Waals surface area contributed by atoms with Gasteiger partial charge in [0, 0.05) is 6.54 Å². The fraction of sp³-hybridized carbons (Fsp3) is 0.538. The Morgan fingerprint density at radius 1 is 1.13 bits per heavy atom. The van der Waals surface area contributed by atoms with Crippen LogP contribution in [0.2, 0.25) is 0 Å². The van der Waals surface area contributed by atoms with Crippen molar-refractivity contribution in [3.8, 4) is 0 Å². The molecule has 2 nitrogen and oxygen atoms in total. The van der Waals surface area contributed by atoms with E-state index in [1.165, 1.54) is 5.56 Å². The fourth-order valence-electron chi connectivity index (χ4n) is 1.67. The van der Waals surface area contributed by atoms with Crippen LogP contribution in [0.1, 0.15) is 18.9 Å². The topological polar surface area (TPSA) is 29.3 Å². The van der Waals surface area contributed by atoms with Crippen LogP contribution < -0.4 is 5.73 Å². The zero-order valence-corrected chi connectivity index (χ0v) is 9.65. The number of rotatable bonds is 7. The van der Waals surface area contributed by atoms with Gasteiger partial charge >= 0.3 is 0 Å². The number of nitrogens with two attached hydrogens (primary N) is 1.